The fourth-order valence-corrected chi connectivity index (χ4v) is 4.40. The smallest absolute Gasteiger partial charge is 0.144 e. The average molecular weight is 414 g/mol. The van der Waals surface area contributed by atoms with Gasteiger partial charge in [0.1, 0.15) is 5.75 Å². The maximum atomic E-state index is 5.65. The Morgan fingerprint density at radius 1 is 1.29 bits per heavy atom. The van der Waals surface area contributed by atoms with Crippen molar-refractivity contribution in [3.05, 3.63) is 26.3 Å². The molecule has 0 amide bonds. The number of aromatic nitrogens is 1. The number of benzene rings is 1. The van der Waals surface area contributed by atoms with Gasteiger partial charge in [-0.1, -0.05) is 6.92 Å². The second-order valence-electron chi connectivity index (χ2n) is 5.29. The molecule has 5 heteroatoms. The van der Waals surface area contributed by atoms with Crippen LogP contribution in [0.2, 0.25) is 0 Å². The van der Waals surface area contributed by atoms with Gasteiger partial charge in [0.25, 0.3) is 0 Å². The predicted molar refractivity (Wildman–Crippen MR) is 94.5 cm³/mol. The van der Waals surface area contributed by atoms with Crippen LogP contribution in [0, 0.1) is 0 Å². The zero-order chi connectivity index (χ0) is 15.0. The lowest BCUT2D eigenvalue weighted by Gasteiger charge is -2.18. The van der Waals surface area contributed by atoms with Crippen LogP contribution >= 0.6 is 31.9 Å². The minimum atomic E-state index is 0.856. The predicted octanol–water partition coefficient (Wildman–Crippen LogP) is 5.08. The van der Waals surface area contributed by atoms with Crippen molar-refractivity contribution in [1.29, 1.82) is 0 Å². The molecule has 2 aromatic rings. The standard InChI is InChI=1S/C16H18Br2N2O/c1-3-7-19-14-9-5-4-6-12(9)20-15-10(17)8-11(18)16(21-2)13(14)15/h8H,3-7H2,1-2H3,(H,19,20). The molecule has 0 bridgehead atoms. The van der Waals surface area contributed by atoms with Crippen molar-refractivity contribution in [2.45, 2.75) is 32.6 Å². The van der Waals surface area contributed by atoms with Gasteiger partial charge in [0.2, 0.25) is 0 Å². The zero-order valence-electron chi connectivity index (χ0n) is 12.2. The molecule has 0 radical (unpaired) electrons. The van der Waals surface area contributed by atoms with Crippen LogP contribution in [0.1, 0.15) is 31.0 Å². The summed E-state index contributed by atoms with van der Waals surface area (Å²) in [6, 6.07) is 2.01. The maximum absolute atomic E-state index is 5.65. The van der Waals surface area contributed by atoms with Gasteiger partial charge in [-0.3, -0.25) is 4.98 Å². The molecule has 21 heavy (non-hydrogen) atoms. The molecule has 0 spiro atoms. The number of nitrogens with one attached hydrogen (secondary N) is 1. The number of aryl methyl sites for hydroxylation is 1. The summed E-state index contributed by atoms with van der Waals surface area (Å²) >= 11 is 7.25. The minimum absolute atomic E-state index is 0.856. The van der Waals surface area contributed by atoms with E-state index < -0.39 is 0 Å². The number of anilines is 1. The van der Waals surface area contributed by atoms with Crippen molar-refractivity contribution >= 4 is 48.5 Å². The number of methoxy groups -OCH3 is 1. The molecular formula is C16H18Br2N2O. The van der Waals surface area contributed by atoms with Crippen LogP contribution in [0.4, 0.5) is 5.69 Å². The van der Waals surface area contributed by atoms with E-state index in [-0.39, 0.29) is 0 Å². The topological polar surface area (TPSA) is 34.2 Å². The van der Waals surface area contributed by atoms with E-state index >= 15 is 0 Å². The van der Waals surface area contributed by atoms with Crippen molar-refractivity contribution in [3.8, 4) is 5.75 Å². The van der Waals surface area contributed by atoms with E-state index in [2.05, 4.69) is 44.1 Å². The van der Waals surface area contributed by atoms with Crippen LogP contribution in [0.15, 0.2) is 15.0 Å². The normalized spacial score (nSPS) is 13.5. The maximum Gasteiger partial charge on any atom is 0.144 e. The lowest BCUT2D eigenvalue weighted by atomic mass is 10.1. The number of pyridine rings is 1. The Kier molecular flexibility index (Phi) is 4.41. The van der Waals surface area contributed by atoms with Crippen LogP contribution in [0.3, 0.4) is 0 Å². The van der Waals surface area contributed by atoms with Gasteiger partial charge in [0, 0.05) is 16.7 Å². The first-order valence-corrected chi connectivity index (χ1v) is 8.87. The van der Waals surface area contributed by atoms with Gasteiger partial charge in [-0.05, 0) is 69.2 Å². The van der Waals surface area contributed by atoms with E-state index in [0.29, 0.717) is 0 Å². The first-order valence-electron chi connectivity index (χ1n) is 7.28. The molecule has 0 atom stereocenters. The summed E-state index contributed by atoms with van der Waals surface area (Å²) < 4.78 is 7.59. The number of hydrogen-bond donors (Lipinski definition) is 1. The molecule has 3 rings (SSSR count). The Morgan fingerprint density at radius 3 is 2.81 bits per heavy atom. The first-order chi connectivity index (χ1) is 10.2. The summed E-state index contributed by atoms with van der Waals surface area (Å²) in [6.07, 6.45) is 4.44. The molecule has 1 heterocycles. The van der Waals surface area contributed by atoms with Gasteiger partial charge in [0.05, 0.1) is 28.2 Å². The van der Waals surface area contributed by atoms with Crippen LogP contribution in [0.25, 0.3) is 10.9 Å². The van der Waals surface area contributed by atoms with Crippen molar-refractivity contribution in [1.82, 2.24) is 4.98 Å². The molecule has 1 aliphatic carbocycles. The van der Waals surface area contributed by atoms with E-state index in [1.165, 1.54) is 23.4 Å². The Morgan fingerprint density at radius 2 is 2.10 bits per heavy atom. The Balaban J connectivity index is 2.37. The number of rotatable bonds is 4. The van der Waals surface area contributed by atoms with Crippen molar-refractivity contribution in [2.24, 2.45) is 0 Å². The van der Waals surface area contributed by atoms with Gasteiger partial charge < -0.3 is 10.1 Å². The zero-order valence-corrected chi connectivity index (χ0v) is 15.4. The molecule has 0 aliphatic heterocycles. The highest BCUT2D eigenvalue weighted by atomic mass is 79.9. The highest BCUT2D eigenvalue weighted by Gasteiger charge is 2.23. The van der Waals surface area contributed by atoms with E-state index in [0.717, 1.165) is 51.4 Å². The lowest BCUT2D eigenvalue weighted by Crippen LogP contribution is -2.06. The van der Waals surface area contributed by atoms with Crippen molar-refractivity contribution in [2.75, 3.05) is 19.0 Å². The molecule has 1 aliphatic rings. The first kappa shape index (κ1) is 15.1. The van der Waals surface area contributed by atoms with E-state index in [1.807, 2.05) is 6.07 Å². The van der Waals surface area contributed by atoms with E-state index in [4.69, 9.17) is 9.72 Å². The molecule has 112 valence electrons. The van der Waals surface area contributed by atoms with Crippen LogP contribution < -0.4 is 10.1 Å². The molecule has 0 saturated heterocycles. The molecule has 1 aromatic carbocycles. The summed E-state index contributed by atoms with van der Waals surface area (Å²) in [6.45, 7) is 3.14. The third-order valence-electron chi connectivity index (χ3n) is 3.90. The third kappa shape index (κ3) is 2.55. The molecule has 0 saturated carbocycles. The fraction of sp³-hybridized carbons (Fsp3) is 0.438. The quantitative estimate of drug-likeness (QED) is 0.758. The molecule has 0 unspecified atom stereocenters. The summed E-state index contributed by atoms with van der Waals surface area (Å²) in [4.78, 5) is 4.89. The van der Waals surface area contributed by atoms with Gasteiger partial charge in [0.15, 0.2) is 0 Å². The molecule has 1 aromatic heterocycles. The summed E-state index contributed by atoms with van der Waals surface area (Å²) in [5.74, 6) is 0.856. The second kappa shape index (κ2) is 6.13. The van der Waals surface area contributed by atoms with E-state index in [9.17, 15) is 0 Å². The molecule has 0 fully saturated rings. The number of halogens is 2. The third-order valence-corrected chi connectivity index (χ3v) is 5.10. The van der Waals surface area contributed by atoms with Crippen molar-refractivity contribution < 1.29 is 4.74 Å². The number of fused-ring (bicyclic) bond motifs is 2. The Hall–Kier alpha value is -0.810. The Labute approximate surface area is 141 Å². The monoisotopic (exact) mass is 412 g/mol. The van der Waals surface area contributed by atoms with Gasteiger partial charge in [-0.2, -0.15) is 0 Å². The fourth-order valence-electron chi connectivity index (χ4n) is 2.98. The number of ether oxygens (including phenoxy) is 1. The number of nitrogens with zero attached hydrogens (tertiary/aromatic N) is 1. The highest BCUT2D eigenvalue weighted by molar-refractivity contribution is 9.11. The van der Waals surface area contributed by atoms with Gasteiger partial charge >= 0.3 is 0 Å². The highest BCUT2D eigenvalue weighted by Crippen LogP contribution is 2.44. The molecule has 1 N–H and O–H groups in total. The number of hydrogen-bond acceptors (Lipinski definition) is 3. The van der Waals surface area contributed by atoms with Crippen LogP contribution in [-0.2, 0) is 12.8 Å². The van der Waals surface area contributed by atoms with Crippen LogP contribution in [-0.4, -0.2) is 18.6 Å². The summed E-state index contributed by atoms with van der Waals surface area (Å²) in [5.41, 5.74) is 4.77. The summed E-state index contributed by atoms with van der Waals surface area (Å²) in [7, 11) is 1.71. The SMILES string of the molecule is CCCNc1c2c(nc3c(Br)cc(Br)c(OC)c13)CCC2. The minimum Gasteiger partial charge on any atom is -0.495 e. The van der Waals surface area contributed by atoms with Crippen LogP contribution in [0.5, 0.6) is 5.75 Å². The Bertz CT molecular complexity index is 701. The lowest BCUT2D eigenvalue weighted by molar-refractivity contribution is 0.417. The molecular weight excluding hydrogens is 396 g/mol. The summed E-state index contributed by atoms with van der Waals surface area (Å²) in [5, 5.41) is 4.68. The van der Waals surface area contributed by atoms with E-state index in [1.54, 1.807) is 7.11 Å². The van der Waals surface area contributed by atoms with Gasteiger partial charge in [-0.25, -0.2) is 0 Å². The van der Waals surface area contributed by atoms with Crippen molar-refractivity contribution in [3.63, 3.8) is 0 Å². The second-order valence-corrected chi connectivity index (χ2v) is 7.00. The van der Waals surface area contributed by atoms with Gasteiger partial charge in [-0.15, -0.1) is 0 Å². The molecule has 3 nitrogen and oxygen atoms in total. The average Bonchev–Trinajstić information content (AvgIpc) is 2.93. The largest absolute Gasteiger partial charge is 0.495 e.